The molecule has 3 amide bonds. The van der Waals surface area contributed by atoms with Gasteiger partial charge in [0.2, 0.25) is 6.79 Å². The normalized spacial score (nSPS) is 19.9. The summed E-state index contributed by atoms with van der Waals surface area (Å²) in [5.74, 6) is 1.43. The van der Waals surface area contributed by atoms with Crippen molar-refractivity contribution in [2.45, 2.75) is 26.0 Å². The molecular formula is C25H32N4O6. The number of likely N-dealkylation sites (N-methyl/N-ethyl adjacent to an activating group) is 1. The molecule has 4 rings (SSSR count). The fourth-order valence-electron chi connectivity index (χ4n) is 4.15. The highest BCUT2D eigenvalue weighted by Gasteiger charge is 2.33. The average molecular weight is 485 g/mol. The number of carbonyl (C=O) groups is 2. The van der Waals surface area contributed by atoms with Crippen molar-refractivity contribution in [3.05, 3.63) is 42.0 Å². The number of amides is 3. The second-order valence-corrected chi connectivity index (χ2v) is 9.24. The molecule has 0 fully saturated rings. The molecule has 188 valence electrons. The molecule has 0 bridgehead atoms. The number of carbonyl (C=O) groups excluding carboxylic acids is 2. The Bertz CT molecular complexity index is 1090. The van der Waals surface area contributed by atoms with Crippen molar-refractivity contribution in [3.8, 4) is 17.2 Å². The van der Waals surface area contributed by atoms with Crippen LogP contribution in [0.4, 0.5) is 16.2 Å². The largest absolute Gasteiger partial charge is 0.488 e. The third kappa shape index (κ3) is 5.60. The summed E-state index contributed by atoms with van der Waals surface area (Å²) in [6.45, 7) is 4.97. The number of nitrogens with zero attached hydrogens (tertiary/aromatic N) is 2. The van der Waals surface area contributed by atoms with Crippen LogP contribution in [0, 0.1) is 5.92 Å². The molecule has 2 aromatic carbocycles. The quantitative estimate of drug-likeness (QED) is 0.578. The second kappa shape index (κ2) is 10.4. The van der Waals surface area contributed by atoms with Crippen LogP contribution in [0.2, 0.25) is 0 Å². The molecule has 0 aliphatic carbocycles. The van der Waals surface area contributed by atoms with E-state index < -0.39 is 6.03 Å². The summed E-state index contributed by atoms with van der Waals surface area (Å²) < 4.78 is 16.9. The summed E-state index contributed by atoms with van der Waals surface area (Å²) in [7, 11) is 3.95. The number of benzene rings is 2. The van der Waals surface area contributed by atoms with Gasteiger partial charge in [0, 0.05) is 36.4 Å². The highest BCUT2D eigenvalue weighted by molar-refractivity contribution is 6.02. The molecule has 0 aromatic heterocycles. The molecule has 35 heavy (non-hydrogen) atoms. The third-order valence-corrected chi connectivity index (χ3v) is 6.10. The molecule has 0 unspecified atom stereocenters. The Hall–Kier alpha value is -3.50. The number of ether oxygens (including phenoxy) is 3. The van der Waals surface area contributed by atoms with Crippen molar-refractivity contribution in [1.82, 2.24) is 9.80 Å². The minimum absolute atomic E-state index is 0.0498. The highest BCUT2D eigenvalue weighted by atomic mass is 16.7. The molecule has 2 aliphatic heterocycles. The van der Waals surface area contributed by atoms with Crippen LogP contribution in [0.1, 0.15) is 24.2 Å². The van der Waals surface area contributed by atoms with Gasteiger partial charge >= 0.3 is 6.03 Å². The highest BCUT2D eigenvalue weighted by Crippen LogP contribution is 2.34. The summed E-state index contributed by atoms with van der Waals surface area (Å²) in [4.78, 5) is 29.8. The van der Waals surface area contributed by atoms with Crippen LogP contribution in [0.3, 0.4) is 0 Å². The number of nitrogens with one attached hydrogen (secondary N) is 2. The van der Waals surface area contributed by atoms with Crippen molar-refractivity contribution in [3.63, 3.8) is 0 Å². The zero-order valence-corrected chi connectivity index (χ0v) is 20.4. The van der Waals surface area contributed by atoms with E-state index in [2.05, 4.69) is 10.6 Å². The van der Waals surface area contributed by atoms with Crippen LogP contribution < -0.4 is 24.8 Å². The first kappa shape index (κ1) is 24.6. The van der Waals surface area contributed by atoms with Gasteiger partial charge in [0.25, 0.3) is 5.91 Å². The predicted octanol–water partition coefficient (Wildman–Crippen LogP) is 2.84. The molecule has 2 aromatic rings. The number of aliphatic hydroxyl groups excluding tert-OH is 1. The van der Waals surface area contributed by atoms with Gasteiger partial charge in [-0.2, -0.15) is 0 Å². The Balaban J connectivity index is 1.56. The molecule has 10 nitrogen and oxygen atoms in total. The SMILES string of the molecule is C[C@@H]1CN([C@H](C)CO)C(=O)c2cc(NC(=O)Nc3ccc4c(c3)OCO4)ccc2O[C@H]1CN(C)C. The van der Waals surface area contributed by atoms with Gasteiger partial charge in [-0.3, -0.25) is 4.79 Å². The summed E-state index contributed by atoms with van der Waals surface area (Å²) in [6.07, 6.45) is -0.154. The van der Waals surface area contributed by atoms with Gasteiger partial charge in [-0.15, -0.1) is 0 Å². The van der Waals surface area contributed by atoms with Gasteiger partial charge < -0.3 is 39.8 Å². The predicted molar refractivity (Wildman–Crippen MR) is 131 cm³/mol. The Labute approximate surface area is 204 Å². The lowest BCUT2D eigenvalue weighted by atomic mass is 9.99. The van der Waals surface area contributed by atoms with Crippen molar-refractivity contribution < 1.29 is 28.9 Å². The van der Waals surface area contributed by atoms with Crippen molar-refractivity contribution in [2.24, 2.45) is 5.92 Å². The number of fused-ring (bicyclic) bond motifs is 2. The van der Waals surface area contributed by atoms with Crippen LogP contribution >= 0.6 is 0 Å². The monoisotopic (exact) mass is 484 g/mol. The lowest BCUT2D eigenvalue weighted by Crippen LogP contribution is -2.49. The number of rotatable bonds is 6. The van der Waals surface area contributed by atoms with Crippen LogP contribution in [0.5, 0.6) is 17.2 Å². The standard InChI is InChI=1S/C25H32N4O6/c1-15-11-29(16(2)13-30)24(31)19-9-17(5-7-20(19)35-23(15)12-28(3)4)26-25(32)27-18-6-8-21-22(10-18)34-14-33-21/h5-10,15-16,23,30H,11-14H2,1-4H3,(H2,26,27,32)/t15-,16-,23+/m1/s1. The molecule has 3 N–H and O–H groups in total. The number of urea groups is 1. The Morgan fingerprint density at radius 3 is 2.46 bits per heavy atom. The molecule has 0 saturated heterocycles. The first-order chi connectivity index (χ1) is 16.7. The topological polar surface area (TPSA) is 113 Å². The molecule has 0 spiro atoms. The molecule has 2 heterocycles. The van der Waals surface area contributed by atoms with E-state index in [0.717, 1.165) is 0 Å². The zero-order valence-electron chi connectivity index (χ0n) is 20.4. The lowest BCUT2D eigenvalue weighted by Gasteiger charge is -2.37. The van der Waals surface area contributed by atoms with Gasteiger partial charge in [-0.05, 0) is 51.4 Å². The van der Waals surface area contributed by atoms with Crippen molar-refractivity contribution in [1.29, 1.82) is 0 Å². The van der Waals surface area contributed by atoms with Gasteiger partial charge in [-0.25, -0.2) is 4.79 Å². The maximum atomic E-state index is 13.5. The maximum Gasteiger partial charge on any atom is 0.323 e. The molecule has 3 atom stereocenters. The number of hydrogen-bond donors (Lipinski definition) is 3. The zero-order chi connectivity index (χ0) is 25.1. The number of hydrogen-bond acceptors (Lipinski definition) is 7. The molecule has 0 saturated carbocycles. The van der Waals surface area contributed by atoms with Crippen molar-refractivity contribution in [2.75, 3.05) is 51.2 Å². The van der Waals surface area contributed by atoms with Gasteiger partial charge in [-0.1, -0.05) is 6.92 Å². The van der Waals surface area contributed by atoms with Gasteiger partial charge in [0.05, 0.1) is 18.2 Å². The van der Waals surface area contributed by atoms with Crippen LogP contribution in [-0.2, 0) is 0 Å². The second-order valence-electron chi connectivity index (χ2n) is 9.24. The first-order valence-electron chi connectivity index (χ1n) is 11.6. The minimum atomic E-state index is -0.470. The summed E-state index contributed by atoms with van der Waals surface area (Å²) >= 11 is 0. The van der Waals surface area contributed by atoms with E-state index >= 15 is 0 Å². The van der Waals surface area contributed by atoms with Crippen LogP contribution in [0.15, 0.2) is 36.4 Å². The van der Waals surface area contributed by atoms with E-state index in [9.17, 15) is 14.7 Å². The fraction of sp³-hybridized carbons (Fsp3) is 0.440. The number of aliphatic hydroxyl groups is 1. The van der Waals surface area contributed by atoms with E-state index in [4.69, 9.17) is 14.2 Å². The Morgan fingerprint density at radius 2 is 1.77 bits per heavy atom. The van der Waals surface area contributed by atoms with E-state index in [1.165, 1.54) is 0 Å². The van der Waals surface area contributed by atoms with E-state index in [-0.39, 0.29) is 37.4 Å². The molecule has 2 aliphatic rings. The van der Waals surface area contributed by atoms with Gasteiger partial charge in [0.15, 0.2) is 11.5 Å². The molecule has 0 radical (unpaired) electrons. The van der Waals surface area contributed by atoms with Crippen LogP contribution in [-0.4, -0.2) is 79.6 Å². The summed E-state index contributed by atoms with van der Waals surface area (Å²) in [5.41, 5.74) is 1.32. The Morgan fingerprint density at radius 1 is 1.11 bits per heavy atom. The van der Waals surface area contributed by atoms with E-state index in [1.807, 2.05) is 32.8 Å². The smallest absolute Gasteiger partial charge is 0.323 e. The lowest BCUT2D eigenvalue weighted by molar-refractivity contribution is 0.0363. The molecular weight excluding hydrogens is 452 g/mol. The number of anilines is 2. The summed E-state index contributed by atoms with van der Waals surface area (Å²) in [6, 6.07) is 9.30. The van der Waals surface area contributed by atoms with E-state index in [1.54, 1.807) is 41.3 Å². The Kier molecular flexibility index (Phi) is 7.32. The fourth-order valence-corrected chi connectivity index (χ4v) is 4.15. The minimum Gasteiger partial charge on any atom is -0.488 e. The molecule has 10 heteroatoms. The summed E-state index contributed by atoms with van der Waals surface area (Å²) in [5, 5.41) is 15.3. The maximum absolute atomic E-state index is 13.5. The van der Waals surface area contributed by atoms with E-state index in [0.29, 0.717) is 47.3 Å². The third-order valence-electron chi connectivity index (χ3n) is 6.10. The van der Waals surface area contributed by atoms with Crippen molar-refractivity contribution >= 4 is 23.3 Å². The first-order valence-corrected chi connectivity index (χ1v) is 11.6. The van der Waals surface area contributed by atoms with Crippen LogP contribution in [0.25, 0.3) is 0 Å². The van der Waals surface area contributed by atoms with Gasteiger partial charge in [0.1, 0.15) is 11.9 Å². The average Bonchev–Trinajstić information content (AvgIpc) is 3.29.